The summed E-state index contributed by atoms with van der Waals surface area (Å²) in [5.41, 5.74) is 5.15. The highest BCUT2D eigenvalue weighted by Crippen LogP contribution is 2.23. The predicted molar refractivity (Wildman–Crippen MR) is 50.0 cm³/mol. The number of amides is 1. The second kappa shape index (κ2) is 5.19. The number of carbonyl (C=O) groups excluding carboxylic acids is 1. The number of carbonyl (C=O) groups is 1. The molecule has 1 atom stereocenters. The van der Waals surface area contributed by atoms with Gasteiger partial charge in [-0.25, -0.2) is 0 Å². The maximum atomic E-state index is 11.1. The molecule has 1 unspecified atom stereocenters. The minimum absolute atomic E-state index is 0.00347. The van der Waals surface area contributed by atoms with E-state index in [0.29, 0.717) is 12.5 Å². The Labute approximate surface area is 78.5 Å². The minimum atomic E-state index is -1.04. The average Bonchev–Trinajstić information content (AvgIpc) is 2.65. The van der Waals surface area contributed by atoms with Crippen molar-refractivity contribution in [1.29, 1.82) is 0 Å². The Balaban J connectivity index is 2.13. The van der Waals surface area contributed by atoms with Crippen molar-refractivity contribution in [3.8, 4) is 0 Å². The molecule has 1 aliphatic rings. The molecule has 1 saturated carbocycles. The first-order valence-corrected chi connectivity index (χ1v) is 4.90. The van der Waals surface area contributed by atoms with Crippen molar-refractivity contribution in [3.63, 3.8) is 0 Å². The molecule has 4 heteroatoms. The molecule has 0 heterocycles. The second-order valence-electron chi connectivity index (χ2n) is 3.65. The Morgan fingerprint density at radius 2 is 2.15 bits per heavy atom. The van der Waals surface area contributed by atoms with Crippen LogP contribution in [0.2, 0.25) is 0 Å². The number of nitrogens with one attached hydrogen (secondary N) is 1. The van der Waals surface area contributed by atoms with E-state index in [0.717, 1.165) is 0 Å². The van der Waals surface area contributed by atoms with Gasteiger partial charge in [0.1, 0.15) is 6.10 Å². The highest BCUT2D eigenvalue weighted by Gasteiger charge is 2.17. The number of nitrogens with two attached hydrogens (primary N) is 1. The average molecular weight is 186 g/mol. The van der Waals surface area contributed by atoms with Crippen molar-refractivity contribution in [2.24, 2.45) is 11.7 Å². The third kappa shape index (κ3) is 3.32. The molecule has 0 radical (unpaired) electrons. The fourth-order valence-electron chi connectivity index (χ4n) is 1.68. The van der Waals surface area contributed by atoms with E-state index in [1.807, 2.05) is 0 Å². The number of aliphatic hydroxyl groups is 1. The van der Waals surface area contributed by atoms with Crippen LogP contribution < -0.4 is 11.1 Å². The first kappa shape index (κ1) is 10.5. The van der Waals surface area contributed by atoms with Gasteiger partial charge in [0.05, 0.1) is 0 Å². The van der Waals surface area contributed by atoms with Crippen LogP contribution in [0, 0.1) is 5.92 Å². The molecule has 0 aromatic heterocycles. The van der Waals surface area contributed by atoms with E-state index >= 15 is 0 Å². The van der Waals surface area contributed by atoms with Gasteiger partial charge in [0.25, 0.3) is 0 Å². The molecule has 1 amide bonds. The first-order valence-electron chi connectivity index (χ1n) is 4.90. The molecule has 0 aromatic rings. The Hall–Kier alpha value is -0.610. The smallest absolute Gasteiger partial charge is 0.250 e. The Morgan fingerprint density at radius 1 is 1.54 bits per heavy atom. The summed E-state index contributed by atoms with van der Waals surface area (Å²) >= 11 is 0. The van der Waals surface area contributed by atoms with Gasteiger partial charge < -0.3 is 16.2 Å². The summed E-state index contributed by atoms with van der Waals surface area (Å²) < 4.78 is 0. The summed E-state index contributed by atoms with van der Waals surface area (Å²) in [4.78, 5) is 11.1. The molecule has 1 rings (SSSR count). The monoisotopic (exact) mass is 186 g/mol. The van der Waals surface area contributed by atoms with Gasteiger partial charge in [-0.15, -0.1) is 0 Å². The summed E-state index contributed by atoms with van der Waals surface area (Å²) in [6.07, 6.45) is 3.87. The molecule has 0 saturated heterocycles. The molecule has 1 aliphatic carbocycles. The van der Waals surface area contributed by atoms with E-state index in [-0.39, 0.29) is 12.5 Å². The lowest BCUT2D eigenvalue weighted by Gasteiger charge is -2.12. The van der Waals surface area contributed by atoms with Crippen LogP contribution in [0.4, 0.5) is 0 Å². The quantitative estimate of drug-likeness (QED) is 0.560. The summed E-state index contributed by atoms with van der Waals surface area (Å²) in [5, 5.41) is 11.8. The Morgan fingerprint density at radius 3 is 2.69 bits per heavy atom. The van der Waals surface area contributed by atoms with Crippen LogP contribution in [0.3, 0.4) is 0 Å². The van der Waals surface area contributed by atoms with E-state index in [1.54, 1.807) is 0 Å². The van der Waals surface area contributed by atoms with Gasteiger partial charge >= 0.3 is 0 Å². The van der Waals surface area contributed by atoms with Gasteiger partial charge in [-0.05, 0) is 18.8 Å². The molecule has 0 bridgehead atoms. The Bertz CT molecular complexity index is 167. The molecule has 4 nitrogen and oxygen atoms in total. The largest absolute Gasteiger partial charge is 0.382 e. The van der Waals surface area contributed by atoms with Crippen molar-refractivity contribution < 1.29 is 9.90 Å². The van der Waals surface area contributed by atoms with E-state index in [1.165, 1.54) is 25.7 Å². The van der Waals surface area contributed by atoms with Gasteiger partial charge in [-0.2, -0.15) is 0 Å². The Kier molecular flexibility index (Phi) is 4.18. The zero-order valence-electron chi connectivity index (χ0n) is 7.83. The van der Waals surface area contributed by atoms with Crippen molar-refractivity contribution in [1.82, 2.24) is 5.32 Å². The molecule has 4 N–H and O–H groups in total. The van der Waals surface area contributed by atoms with Gasteiger partial charge in [0, 0.05) is 13.1 Å². The molecular formula is C9H18N2O2. The van der Waals surface area contributed by atoms with Crippen LogP contribution in [-0.2, 0) is 4.79 Å². The lowest BCUT2D eigenvalue weighted by molar-refractivity contribution is -0.128. The summed E-state index contributed by atoms with van der Waals surface area (Å²) in [5.74, 6) is 0.267. The van der Waals surface area contributed by atoms with Gasteiger partial charge in [-0.1, -0.05) is 12.8 Å². The fourth-order valence-corrected chi connectivity index (χ4v) is 1.68. The molecule has 0 aliphatic heterocycles. The van der Waals surface area contributed by atoms with Gasteiger partial charge in [0.2, 0.25) is 5.91 Å². The van der Waals surface area contributed by atoms with Crippen LogP contribution in [-0.4, -0.2) is 30.2 Å². The molecule has 0 aromatic carbocycles. The molecule has 13 heavy (non-hydrogen) atoms. The minimum Gasteiger partial charge on any atom is -0.382 e. The standard InChI is InChI=1S/C9H18N2O2/c10-5-8(12)9(13)11-6-7-3-1-2-4-7/h7-8,12H,1-6,10H2,(H,11,13). The second-order valence-corrected chi connectivity index (χ2v) is 3.65. The lowest BCUT2D eigenvalue weighted by Crippen LogP contribution is -2.40. The van der Waals surface area contributed by atoms with Crippen molar-refractivity contribution in [2.45, 2.75) is 31.8 Å². The van der Waals surface area contributed by atoms with Gasteiger partial charge in [0.15, 0.2) is 0 Å². The topological polar surface area (TPSA) is 75.3 Å². The molecule has 0 spiro atoms. The number of aliphatic hydroxyl groups excluding tert-OH is 1. The van der Waals surface area contributed by atoms with Crippen molar-refractivity contribution in [3.05, 3.63) is 0 Å². The molecule has 76 valence electrons. The molecular weight excluding hydrogens is 168 g/mol. The fraction of sp³-hybridized carbons (Fsp3) is 0.889. The van der Waals surface area contributed by atoms with E-state index < -0.39 is 6.10 Å². The highest BCUT2D eigenvalue weighted by atomic mass is 16.3. The summed E-state index contributed by atoms with van der Waals surface area (Å²) in [6, 6.07) is 0. The summed E-state index contributed by atoms with van der Waals surface area (Å²) in [6.45, 7) is 0.687. The van der Waals surface area contributed by atoms with Crippen molar-refractivity contribution in [2.75, 3.05) is 13.1 Å². The van der Waals surface area contributed by atoms with Crippen molar-refractivity contribution >= 4 is 5.91 Å². The highest BCUT2D eigenvalue weighted by molar-refractivity contribution is 5.80. The first-order chi connectivity index (χ1) is 6.24. The maximum absolute atomic E-state index is 11.1. The van der Waals surface area contributed by atoms with Crippen LogP contribution in [0.25, 0.3) is 0 Å². The SMILES string of the molecule is NCC(O)C(=O)NCC1CCCC1. The normalized spacial score (nSPS) is 20.2. The molecule has 1 fully saturated rings. The van der Waals surface area contributed by atoms with Crippen LogP contribution in [0.15, 0.2) is 0 Å². The van der Waals surface area contributed by atoms with E-state index in [2.05, 4.69) is 5.32 Å². The van der Waals surface area contributed by atoms with E-state index in [4.69, 9.17) is 10.8 Å². The van der Waals surface area contributed by atoms with Gasteiger partial charge in [-0.3, -0.25) is 4.79 Å². The lowest BCUT2D eigenvalue weighted by atomic mass is 10.1. The maximum Gasteiger partial charge on any atom is 0.250 e. The zero-order chi connectivity index (χ0) is 9.68. The van der Waals surface area contributed by atoms with E-state index in [9.17, 15) is 4.79 Å². The third-order valence-electron chi connectivity index (χ3n) is 2.57. The number of hydrogen-bond acceptors (Lipinski definition) is 3. The number of hydrogen-bond donors (Lipinski definition) is 3. The summed E-state index contributed by atoms with van der Waals surface area (Å²) in [7, 11) is 0. The zero-order valence-corrected chi connectivity index (χ0v) is 7.83. The predicted octanol–water partition coefficient (Wildman–Crippen LogP) is -0.388. The van der Waals surface area contributed by atoms with Crippen LogP contribution >= 0.6 is 0 Å². The van der Waals surface area contributed by atoms with Crippen LogP contribution in [0.1, 0.15) is 25.7 Å². The number of rotatable bonds is 4. The van der Waals surface area contributed by atoms with Crippen LogP contribution in [0.5, 0.6) is 0 Å². The third-order valence-corrected chi connectivity index (χ3v) is 2.57.